The fourth-order valence-corrected chi connectivity index (χ4v) is 5.21. The van der Waals surface area contributed by atoms with Gasteiger partial charge in [0.05, 0.1) is 10.4 Å². The number of carbonyl (C=O) groups is 1. The van der Waals surface area contributed by atoms with E-state index in [1.54, 1.807) is 39.1 Å². The highest BCUT2D eigenvalue weighted by molar-refractivity contribution is 7.89. The molecule has 30 heavy (non-hydrogen) atoms. The number of aryl methyl sites for hydroxylation is 1. The molecule has 3 aromatic rings. The van der Waals surface area contributed by atoms with E-state index in [1.807, 2.05) is 30.3 Å². The van der Waals surface area contributed by atoms with Crippen molar-refractivity contribution >= 4 is 26.8 Å². The van der Waals surface area contributed by atoms with Crippen LogP contribution in [0.2, 0.25) is 0 Å². The Morgan fingerprint density at radius 3 is 2.53 bits per heavy atom. The topological polar surface area (TPSA) is 79.4 Å². The van der Waals surface area contributed by atoms with Gasteiger partial charge in [-0.05, 0) is 42.7 Å². The van der Waals surface area contributed by atoms with Crippen molar-refractivity contribution in [1.82, 2.24) is 14.6 Å². The summed E-state index contributed by atoms with van der Waals surface area (Å²) in [4.78, 5) is 17.3. The third-order valence-corrected chi connectivity index (χ3v) is 7.36. The first kappa shape index (κ1) is 21.9. The number of hydrogen-bond donors (Lipinski definition) is 1. The maximum Gasteiger partial charge on any atom is 0.251 e. The Labute approximate surface area is 178 Å². The molecule has 0 bridgehead atoms. The molecule has 7 heteroatoms. The zero-order valence-electron chi connectivity index (χ0n) is 17.6. The van der Waals surface area contributed by atoms with Gasteiger partial charge in [0.1, 0.15) is 0 Å². The lowest BCUT2D eigenvalue weighted by Crippen LogP contribution is -2.31. The van der Waals surface area contributed by atoms with Crippen LogP contribution >= 0.6 is 0 Å². The second kappa shape index (κ2) is 9.36. The van der Waals surface area contributed by atoms with Crippen LogP contribution in [0.1, 0.15) is 35.3 Å². The summed E-state index contributed by atoms with van der Waals surface area (Å²) in [7, 11) is -3.63. The summed E-state index contributed by atoms with van der Waals surface area (Å²) in [6.45, 7) is 6.54. The number of benzene rings is 2. The smallest absolute Gasteiger partial charge is 0.251 e. The number of nitrogens with zero attached hydrogens (tertiary/aromatic N) is 2. The Morgan fingerprint density at radius 2 is 1.80 bits per heavy atom. The van der Waals surface area contributed by atoms with E-state index < -0.39 is 10.0 Å². The van der Waals surface area contributed by atoms with Crippen molar-refractivity contribution in [2.45, 2.75) is 32.1 Å². The van der Waals surface area contributed by atoms with Crippen LogP contribution in [0.3, 0.4) is 0 Å². The van der Waals surface area contributed by atoms with Crippen LogP contribution in [-0.2, 0) is 16.4 Å². The number of hydrogen-bond acceptors (Lipinski definition) is 4. The predicted octanol–water partition coefficient (Wildman–Crippen LogP) is 3.55. The van der Waals surface area contributed by atoms with E-state index in [4.69, 9.17) is 0 Å². The van der Waals surface area contributed by atoms with Gasteiger partial charge >= 0.3 is 0 Å². The lowest BCUT2D eigenvalue weighted by molar-refractivity contribution is 0.0954. The number of nitrogens with one attached hydrogen (secondary N) is 1. The van der Waals surface area contributed by atoms with Crippen molar-refractivity contribution in [3.63, 3.8) is 0 Å². The van der Waals surface area contributed by atoms with Crippen molar-refractivity contribution in [2.24, 2.45) is 0 Å². The zero-order chi connectivity index (χ0) is 21.7. The van der Waals surface area contributed by atoms with Gasteiger partial charge in [-0.25, -0.2) is 8.42 Å². The molecule has 0 radical (unpaired) electrons. The Morgan fingerprint density at radius 1 is 1.07 bits per heavy atom. The Hall–Kier alpha value is -2.77. The van der Waals surface area contributed by atoms with Gasteiger partial charge in [-0.2, -0.15) is 4.31 Å². The molecular weight excluding hydrogens is 398 g/mol. The summed E-state index contributed by atoms with van der Waals surface area (Å²) in [6.07, 6.45) is 2.39. The molecule has 2 aromatic carbocycles. The second-order valence-corrected chi connectivity index (χ2v) is 8.97. The van der Waals surface area contributed by atoms with Gasteiger partial charge in [0.25, 0.3) is 5.91 Å². The van der Waals surface area contributed by atoms with Crippen LogP contribution in [0, 0.1) is 6.92 Å². The van der Waals surface area contributed by atoms with Crippen LogP contribution < -0.4 is 5.32 Å². The van der Waals surface area contributed by atoms with Gasteiger partial charge in [-0.1, -0.05) is 44.2 Å². The third kappa shape index (κ3) is 4.52. The molecule has 0 spiro atoms. The molecule has 158 valence electrons. The summed E-state index contributed by atoms with van der Waals surface area (Å²) < 4.78 is 27.2. The largest absolute Gasteiger partial charge is 0.352 e. The minimum Gasteiger partial charge on any atom is -0.352 e. The molecule has 0 aliphatic carbocycles. The summed E-state index contributed by atoms with van der Waals surface area (Å²) in [5.74, 6) is -0.292. The number of aromatic nitrogens is 1. The highest BCUT2D eigenvalue weighted by Crippen LogP contribution is 2.21. The summed E-state index contributed by atoms with van der Waals surface area (Å²) >= 11 is 0. The fourth-order valence-electron chi connectivity index (χ4n) is 3.50. The molecular formula is C23H27N3O3S. The van der Waals surface area contributed by atoms with Crippen molar-refractivity contribution in [2.75, 3.05) is 19.6 Å². The summed E-state index contributed by atoms with van der Waals surface area (Å²) in [6, 6.07) is 14.7. The highest BCUT2D eigenvalue weighted by atomic mass is 32.2. The van der Waals surface area contributed by atoms with Gasteiger partial charge in [-0.3, -0.25) is 9.78 Å². The second-order valence-electron chi connectivity index (χ2n) is 7.07. The van der Waals surface area contributed by atoms with E-state index in [1.165, 1.54) is 10.4 Å². The van der Waals surface area contributed by atoms with Gasteiger partial charge in [0.2, 0.25) is 10.0 Å². The van der Waals surface area contributed by atoms with E-state index in [9.17, 15) is 13.2 Å². The van der Waals surface area contributed by atoms with Crippen molar-refractivity contribution in [1.29, 1.82) is 0 Å². The number of pyridine rings is 1. The quantitative estimate of drug-likeness (QED) is 0.599. The Balaban J connectivity index is 1.74. The first-order chi connectivity index (χ1) is 14.4. The van der Waals surface area contributed by atoms with Crippen LogP contribution in [-0.4, -0.2) is 43.2 Å². The average Bonchev–Trinajstić information content (AvgIpc) is 2.74. The van der Waals surface area contributed by atoms with Crippen molar-refractivity contribution < 1.29 is 13.2 Å². The number of carbonyl (C=O) groups excluding carboxylic acids is 1. The maximum absolute atomic E-state index is 12.9. The van der Waals surface area contributed by atoms with Gasteiger partial charge in [0, 0.05) is 36.8 Å². The van der Waals surface area contributed by atoms with Crippen LogP contribution in [0.4, 0.5) is 0 Å². The number of para-hydroxylation sites is 1. The average molecular weight is 426 g/mol. The number of amides is 1. The minimum atomic E-state index is -3.63. The molecule has 6 nitrogen and oxygen atoms in total. The number of fused-ring (bicyclic) bond motifs is 1. The first-order valence-electron chi connectivity index (χ1n) is 10.1. The van der Waals surface area contributed by atoms with Crippen molar-refractivity contribution in [3.05, 3.63) is 71.4 Å². The van der Waals surface area contributed by atoms with Crippen LogP contribution in [0.15, 0.2) is 59.6 Å². The standard InChI is InChI=1S/C23H27N3O3S/c1-4-26(5-2)30(28,29)21-16-20(12-11-17(21)3)23(27)25-15-13-19-9-6-8-18-10-7-14-24-22(18)19/h6-12,14,16H,4-5,13,15H2,1-3H3,(H,25,27). The molecule has 1 N–H and O–H groups in total. The molecule has 1 amide bonds. The highest BCUT2D eigenvalue weighted by Gasteiger charge is 2.24. The lowest BCUT2D eigenvalue weighted by atomic mass is 10.1. The molecule has 0 atom stereocenters. The summed E-state index contributed by atoms with van der Waals surface area (Å²) in [5, 5.41) is 3.95. The Bertz CT molecular complexity index is 1150. The van der Waals surface area contributed by atoms with E-state index in [2.05, 4.69) is 10.3 Å². The normalized spacial score (nSPS) is 11.7. The lowest BCUT2D eigenvalue weighted by Gasteiger charge is -2.20. The third-order valence-electron chi connectivity index (χ3n) is 5.17. The Kier molecular flexibility index (Phi) is 6.84. The molecule has 0 aliphatic heterocycles. The molecule has 1 aromatic heterocycles. The minimum absolute atomic E-state index is 0.178. The molecule has 0 unspecified atom stereocenters. The van der Waals surface area contributed by atoms with E-state index >= 15 is 0 Å². The molecule has 0 fully saturated rings. The summed E-state index contributed by atoms with van der Waals surface area (Å²) in [5.41, 5.74) is 2.95. The molecule has 0 aliphatic rings. The van der Waals surface area contributed by atoms with Gasteiger partial charge in [0.15, 0.2) is 0 Å². The van der Waals surface area contributed by atoms with E-state index in [-0.39, 0.29) is 10.8 Å². The molecule has 0 saturated heterocycles. The van der Waals surface area contributed by atoms with E-state index in [0.29, 0.717) is 37.2 Å². The van der Waals surface area contributed by atoms with Crippen LogP contribution in [0.5, 0.6) is 0 Å². The van der Waals surface area contributed by atoms with E-state index in [0.717, 1.165) is 16.5 Å². The molecule has 3 rings (SSSR count). The van der Waals surface area contributed by atoms with Crippen molar-refractivity contribution in [3.8, 4) is 0 Å². The fraction of sp³-hybridized carbons (Fsp3) is 0.304. The predicted molar refractivity (Wildman–Crippen MR) is 119 cm³/mol. The van der Waals surface area contributed by atoms with Crippen LogP contribution in [0.25, 0.3) is 10.9 Å². The monoisotopic (exact) mass is 425 g/mol. The van der Waals surface area contributed by atoms with Gasteiger partial charge < -0.3 is 5.32 Å². The molecule has 1 heterocycles. The number of rotatable bonds is 8. The van der Waals surface area contributed by atoms with Gasteiger partial charge in [-0.15, -0.1) is 0 Å². The maximum atomic E-state index is 12.9. The first-order valence-corrected chi connectivity index (χ1v) is 11.5. The SMILES string of the molecule is CCN(CC)S(=O)(=O)c1cc(C(=O)NCCc2cccc3cccnc23)ccc1C. The number of sulfonamides is 1. The molecule has 0 saturated carbocycles. The zero-order valence-corrected chi connectivity index (χ0v) is 18.4.